The third-order valence-electron chi connectivity index (χ3n) is 2.21. The summed E-state index contributed by atoms with van der Waals surface area (Å²) in [6.45, 7) is 0. The molecule has 0 amide bonds. The Labute approximate surface area is 92.5 Å². The lowest BCUT2D eigenvalue weighted by atomic mass is 9.98. The molecule has 1 aliphatic carbocycles. The molecule has 0 fully saturated rings. The molecule has 0 unspecified atom stereocenters. The highest BCUT2D eigenvalue weighted by molar-refractivity contribution is 14.1. The maximum Gasteiger partial charge on any atom is 0.00930 e. The molecular formula is C12H11I. The van der Waals surface area contributed by atoms with Crippen molar-refractivity contribution in [3.8, 4) is 0 Å². The fourth-order valence-electron chi connectivity index (χ4n) is 1.54. The largest absolute Gasteiger partial charge is 0.0708 e. The summed E-state index contributed by atoms with van der Waals surface area (Å²) in [4.78, 5) is 0. The molecule has 0 atom stereocenters. The number of allylic oxidation sites excluding steroid dienone is 4. The molecule has 0 nitrogen and oxygen atoms in total. The predicted octanol–water partition coefficient (Wildman–Crippen LogP) is 4.18. The quantitative estimate of drug-likeness (QED) is 0.678. The van der Waals surface area contributed by atoms with Gasteiger partial charge in [-0.25, -0.2) is 0 Å². The fraction of sp³-hybridized carbons (Fsp3) is 0.167. The van der Waals surface area contributed by atoms with E-state index in [2.05, 4.69) is 65.1 Å². The second kappa shape index (κ2) is 4.09. The van der Waals surface area contributed by atoms with E-state index in [1.165, 1.54) is 27.6 Å². The lowest BCUT2D eigenvalue weighted by Gasteiger charge is -2.10. The minimum Gasteiger partial charge on any atom is -0.0708 e. The Kier molecular flexibility index (Phi) is 2.83. The van der Waals surface area contributed by atoms with Gasteiger partial charge in [-0.2, -0.15) is 0 Å². The monoisotopic (exact) mass is 282 g/mol. The predicted molar refractivity (Wildman–Crippen MR) is 65.8 cm³/mol. The van der Waals surface area contributed by atoms with Crippen molar-refractivity contribution in [1.82, 2.24) is 0 Å². The van der Waals surface area contributed by atoms with Gasteiger partial charge in [-0.15, -0.1) is 0 Å². The van der Waals surface area contributed by atoms with Crippen molar-refractivity contribution in [2.45, 2.75) is 12.8 Å². The third-order valence-corrected chi connectivity index (χ3v) is 2.96. The highest BCUT2D eigenvalue weighted by Crippen LogP contribution is 2.28. The van der Waals surface area contributed by atoms with Crippen LogP contribution >= 0.6 is 22.6 Å². The second-order valence-corrected chi connectivity index (χ2v) is 4.41. The Hall–Kier alpha value is -0.570. The molecule has 2 rings (SSSR count). The van der Waals surface area contributed by atoms with Crippen molar-refractivity contribution in [2.75, 3.05) is 0 Å². The molecule has 1 aromatic rings. The minimum absolute atomic E-state index is 1.18. The normalized spacial score (nSPS) is 16.4. The van der Waals surface area contributed by atoms with Crippen LogP contribution in [0.25, 0.3) is 5.57 Å². The van der Waals surface area contributed by atoms with Gasteiger partial charge in [0.1, 0.15) is 0 Å². The first-order valence-corrected chi connectivity index (χ1v) is 5.56. The third kappa shape index (κ3) is 2.21. The number of hydrogen-bond acceptors (Lipinski definition) is 0. The van der Waals surface area contributed by atoms with E-state index < -0.39 is 0 Å². The standard InChI is InChI=1S/C12H11I/c13-12-8-4-7-11(9-12)10-5-2-1-3-6-10/h1-3,5-6,8-9H,4,7H2. The molecule has 1 aromatic carbocycles. The van der Waals surface area contributed by atoms with Crippen LogP contribution in [0.3, 0.4) is 0 Å². The van der Waals surface area contributed by atoms with Crippen molar-refractivity contribution >= 4 is 28.2 Å². The van der Waals surface area contributed by atoms with Gasteiger partial charge in [0.05, 0.1) is 0 Å². The Balaban J connectivity index is 2.32. The van der Waals surface area contributed by atoms with E-state index in [4.69, 9.17) is 0 Å². The molecule has 0 saturated heterocycles. The van der Waals surface area contributed by atoms with Gasteiger partial charge in [-0.05, 0) is 52.6 Å². The lowest BCUT2D eigenvalue weighted by Crippen LogP contribution is -1.88. The maximum absolute atomic E-state index is 2.38. The molecule has 1 aliphatic rings. The van der Waals surface area contributed by atoms with Crippen LogP contribution in [-0.4, -0.2) is 0 Å². The molecule has 0 saturated carbocycles. The Bertz CT molecular complexity index is 347. The van der Waals surface area contributed by atoms with Crippen LogP contribution in [-0.2, 0) is 0 Å². The van der Waals surface area contributed by atoms with Gasteiger partial charge >= 0.3 is 0 Å². The van der Waals surface area contributed by atoms with Crippen LogP contribution in [0.2, 0.25) is 0 Å². The van der Waals surface area contributed by atoms with Crippen molar-refractivity contribution in [3.63, 3.8) is 0 Å². The van der Waals surface area contributed by atoms with Crippen molar-refractivity contribution in [3.05, 3.63) is 51.6 Å². The topological polar surface area (TPSA) is 0 Å². The maximum atomic E-state index is 2.38. The molecule has 0 radical (unpaired) electrons. The summed E-state index contributed by atoms with van der Waals surface area (Å²) in [5, 5.41) is 0. The van der Waals surface area contributed by atoms with E-state index in [0.29, 0.717) is 0 Å². The van der Waals surface area contributed by atoms with Crippen LogP contribution in [0, 0.1) is 0 Å². The van der Waals surface area contributed by atoms with Crippen LogP contribution in [0.1, 0.15) is 18.4 Å². The van der Waals surface area contributed by atoms with E-state index >= 15 is 0 Å². The summed E-state index contributed by atoms with van der Waals surface area (Å²) in [5.74, 6) is 0. The van der Waals surface area contributed by atoms with E-state index in [9.17, 15) is 0 Å². The van der Waals surface area contributed by atoms with Gasteiger partial charge in [0.15, 0.2) is 0 Å². The van der Waals surface area contributed by atoms with Crippen molar-refractivity contribution in [1.29, 1.82) is 0 Å². The summed E-state index contributed by atoms with van der Waals surface area (Å²) in [6, 6.07) is 10.6. The average Bonchev–Trinajstić information content (AvgIpc) is 2.19. The van der Waals surface area contributed by atoms with E-state index in [0.717, 1.165) is 0 Å². The summed E-state index contributed by atoms with van der Waals surface area (Å²) >= 11 is 2.38. The summed E-state index contributed by atoms with van der Waals surface area (Å²) in [5.41, 5.74) is 2.83. The molecule has 0 bridgehead atoms. The van der Waals surface area contributed by atoms with Crippen LogP contribution in [0.15, 0.2) is 46.1 Å². The minimum atomic E-state index is 1.18. The number of halogens is 1. The Morgan fingerprint density at radius 1 is 1.08 bits per heavy atom. The summed E-state index contributed by atoms with van der Waals surface area (Å²) in [7, 11) is 0. The molecule has 0 spiro atoms. The lowest BCUT2D eigenvalue weighted by molar-refractivity contribution is 1.05. The molecular weight excluding hydrogens is 271 g/mol. The van der Waals surface area contributed by atoms with Gasteiger partial charge in [0.2, 0.25) is 0 Å². The summed E-state index contributed by atoms with van der Waals surface area (Å²) in [6.07, 6.45) is 6.92. The first-order chi connectivity index (χ1) is 6.36. The van der Waals surface area contributed by atoms with Gasteiger partial charge < -0.3 is 0 Å². The van der Waals surface area contributed by atoms with Gasteiger partial charge in [0.25, 0.3) is 0 Å². The number of hydrogen-bond donors (Lipinski definition) is 0. The zero-order chi connectivity index (χ0) is 9.10. The second-order valence-electron chi connectivity index (χ2n) is 3.16. The highest BCUT2D eigenvalue weighted by atomic mass is 127. The number of benzene rings is 1. The van der Waals surface area contributed by atoms with Crippen molar-refractivity contribution in [2.24, 2.45) is 0 Å². The SMILES string of the molecule is IC1=CCCC(c2ccccc2)=C1. The Morgan fingerprint density at radius 2 is 1.85 bits per heavy atom. The molecule has 0 aromatic heterocycles. The average molecular weight is 282 g/mol. The van der Waals surface area contributed by atoms with E-state index in [1.807, 2.05) is 0 Å². The van der Waals surface area contributed by atoms with E-state index in [-0.39, 0.29) is 0 Å². The first-order valence-electron chi connectivity index (χ1n) is 4.48. The van der Waals surface area contributed by atoms with Gasteiger partial charge in [-0.1, -0.05) is 36.4 Å². The van der Waals surface area contributed by atoms with Gasteiger partial charge in [0, 0.05) is 3.58 Å². The molecule has 0 heterocycles. The zero-order valence-corrected chi connectivity index (χ0v) is 9.49. The molecule has 0 aliphatic heterocycles. The molecule has 0 N–H and O–H groups in total. The molecule has 66 valence electrons. The summed E-state index contributed by atoms with van der Waals surface area (Å²) < 4.78 is 1.36. The van der Waals surface area contributed by atoms with Crippen LogP contribution in [0.4, 0.5) is 0 Å². The van der Waals surface area contributed by atoms with Crippen molar-refractivity contribution < 1.29 is 0 Å². The van der Waals surface area contributed by atoms with E-state index in [1.54, 1.807) is 0 Å². The van der Waals surface area contributed by atoms with Gasteiger partial charge in [-0.3, -0.25) is 0 Å². The molecule has 1 heteroatoms. The fourth-order valence-corrected chi connectivity index (χ4v) is 2.23. The van der Waals surface area contributed by atoms with Crippen LogP contribution in [0.5, 0.6) is 0 Å². The smallest absolute Gasteiger partial charge is 0.00930 e. The Morgan fingerprint density at radius 3 is 2.54 bits per heavy atom. The highest BCUT2D eigenvalue weighted by Gasteiger charge is 2.04. The number of rotatable bonds is 1. The van der Waals surface area contributed by atoms with Crippen LogP contribution < -0.4 is 0 Å². The zero-order valence-electron chi connectivity index (χ0n) is 7.33. The first kappa shape index (κ1) is 9.00. The molecule has 13 heavy (non-hydrogen) atoms.